The third-order valence-corrected chi connectivity index (χ3v) is 5.88. The molecule has 0 heterocycles. The minimum atomic E-state index is -3.79. The molecule has 0 aliphatic rings. The number of aryl methyl sites for hydroxylation is 1. The first-order valence-electron chi connectivity index (χ1n) is 9.16. The van der Waals surface area contributed by atoms with Crippen LogP contribution < -0.4 is 19.1 Å². The van der Waals surface area contributed by atoms with Gasteiger partial charge < -0.3 is 14.8 Å². The maximum absolute atomic E-state index is 12.9. The second-order valence-electron chi connectivity index (χ2n) is 6.91. The quantitative estimate of drug-likeness (QED) is 0.710. The number of benzene rings is 2. The van der Waals surface area contributed by atoms with E-state index in [9.17, 15) is 13.2 Å². The minimum Gasteiger partial charge on any atom is -0.497 e. The van der Waals surface area contributed by atoms with Crippen molar-refractivity contribution >= 4 is 21.6 Å². The van der Waals surface area contributed by atoms with Gasteiger partial charge in [0.15, 0.2) is 0 Å². The van der Waals surface area contributed by atoms with Crippen molar-refractivity contribution in [2.45, 2.75) is 32.9 Å². The van der Waals surface area contributed by atoms with Crippen molar-refractivity contribution in [2.24, 2.45) is 0 Å². The fourth-order valence-corrected chi connectivity index (χ4v) is 4.19. The molecule has 0 saturated heterocycles. The molecule has 1 amide bonds. The van der Waals surface area contributed by atoms with E-state index in [1.807, 2.05) is 38.1 Å². The second kappa shape index (κ2) is 9.17. The summed E-state index contributed by atoms with van der Waals surface area (Å²) < 4.78 is 36.8. The molecule has 0 unspecified atom stereocenters. The molecule has 29 heavy (non-hydrogen) atoms. The van der Waals surface area contributed by atoms with Gasteiger partial charge in [-0.2, -0.15) is 0 Å². The molecule has 2 aromatic rings. The molecule has 2 aromatic carbocycles. The van der Waals surface area contributed by atoms with Gasteiger partial charge in [0.2, 0.25) is 15.9 Å². The predicted molar refractivity (Wildman–Crippen MR) is 114 cm³/mol. The van der Waals surface area contributed by atoms with Gasteiger partial charge in [0, 0.05) is 6.07 Å². The van der Waals surface area contributed by atoms with E-state index < -0.39 is 22.0 Å². The Kier molecular flexibility index (Phi) is 7.13. The summed E-state index contributed by atoms with van der Waals surface area (Å²) >= 11 is 0. The fraction of sp³-hybridized carbons (Fsp3) is 0.381. The van der Waals surface area contributed by atoms with Crippen molar-refractivity contribution in [3.05, 3.63) is 53.6 Å². The van der Waals surface area contributed by atoms with E-state index in [-0.39, 0.29) is 11.7 Å². The van der Waals surface area contributed by atoms with Gasteiger partial charge in [-0.15, -0.1) is 0 Å². The third kappa shape index (κ3) is 5.41. The van der Waals surface area contributed by atoms with Gasteiger partial charge in [-0.05, 0) is 38.5 Å². The van der Waals surface area contributed by atoms with E-state index >= 15 is 0 Å². The Bertz CT molecular complexity index is 958. The number of nitrogens with zero attached hydrogens (tertiary/aromatic N) is 1. The molecule has 1 N–H and O–H groups in total. The average molecular weight is 421 g/mol. The number of methoxy groups -OCH3 is 2. The molecular formula is C21H28N2O5S. The molecule has 8 heteroatoms. The topological polar surface area (TPSA) is 84.9 Å². The average Bonchev–Trinajstić information content (AvgIpc) is 2.67. The number of sulfonamides is 1. The van der Waals surface area contributed by atoms with Gasteiger partial charge in [-0.1, -0.05) is 29.8 Å². The highest BCUT2D eigenvalue weighted by atomic mass is 32.2. The highest BCUT2D eigenvalue weighted by Gasteiger charge is 2.32. The van der Waals surface area contributed by atoms with E-state index in [2.05, 4.69) is 5.32 Å². The van der Waals surface area contributed by atoms with Crippen LogP contribution in [0.25, 0.3) is 0 Å². The summed E-state index contributed by atoms with van der Waals surface area (Å²) in [6.45, 7) is 5.38. The standard InChI is InChI=1S/C21H28N2O5S/c1-14-7-9-17(10-8-14)15(2)22-21(24)16(3)23(29(6,25)26)19-13-18(27-4)11-12-20(19)28-5/h7-13,15-16H,1-6H3,(H,22,24)/t15-,16+/m1/s1. The molecule has 0 fully saturated rings. The fourth-order valence-electron chi connectivity index (χ4n) is 3.02. The van der Waals surface area contributed by atoms with Crippen LogP contribution in [0.4, 0.5) is 5.69 Å². The van der Waals surface area contributed by atoms with Crippen LogP contribution in [0.1, 0.15) is 31.0 Å². The molecule has 0 aliphatic heterocycles. The predicted octanol–water partition coefficient (Wildman–Crippen LogP) is 3.04. The van der Waals surface area contributed by atoms with Crippen molar-refractivity contribution in [3.8, 4) is 11.5 Å². The number of hydrogen-bond acceptors (Lipinski definition) is 5. The lowest BCUT2D eigenvalue weighted by molar-refractivity contribution is -0.122. The van der Waals surface area contributed by atoms with E-state index in [1.54, 1.807) is 12.1 Å². The van der Waals surface area contributed by atoms with Crippen molar-refractivity contribution in [2.75, 3.05) is 24.8 Å². The summed E-state index contributed by atoms with van der Waals surface area (Å²) in [4.78, 5) is 12.9. The van der Waals surface area contributed by atoms with E-state index in [0.717, 1.165) is 21.7 Å². The Balaban J connectivity index is 2.35. The molecule has 0 saturated carbocycles. The number of rotatable bonds is 8. The Morgan fingerprint density at radius 2 is 1.66 bits per heavy atom. The highest BCUT2D eigenvalue weighted by molar-refractivity contribution is 7.92. The largest absolute Gasteiger partial charge is 0.497 e. The molecule has 158 valence electrons. The normalized spacial score (nSPS) is 13.3. The Labute approximate surface area is 172 Å². The highest BCUT2D eigenvalue weighted by Crippen LogP contribution is 2.35. The Morgan fingerprint density at radius 3 is 2.17 bits per heavy atom. The summed E-state index contributed by atoms with van der Waals surface area (Å²) in [7, 11) is -0.867. The number of amides is 1. The summed E-state index contributed by atoms with van der Waals surface area (Å²) in [5.74, 6) is 0.353. The lowest BCUT2D eigenvalue weighted by atomic mass is 10.1. The molecule has 0 radical (unpaired) electrons. The first kappa shape index (κ1) is 22.5. The summed E-state index contributed by atoms with van der Waals surface area (Å²) in [6.07, 6.45) is 1.05. The van der Waals surface area contributed by atoms with Crippen molar-refractivity contribution in [1.82, 2.24) is 5.32 Å². The van der Waals surface area contributed by atoms with Crippen LogP contribution in [0.5, 0.6) is 11.5 Å². The number of hydrogen-bond donors (Lipinski definition) is 1. The van der Waals surface area contributed by atoms with Crippen LogP contribution in [-0.4, -0.2) is 40.8 Å². The zero-order valence-electron chi connectivity index (χ0n) is 17.6. The van der Waals surface area contributed by atoms with Gasteiger partial charge in [0.1, 0.15) is 17.5 Å². The zero-order chi connectivity index (χ0) is 21.8. The van der Waals surface area contributed by atoms with E-state index in [1.165, 1.54) is 27.2 Å². The summed E-state index contributed by atoms with van der Waals surface area (Å²) in [6, 6.07) is 11.3. The number of nitrogens with one attached hydrogen (secondary N) is 1. The van der Waals surface area contributed by atoms with Crippen molar-refractivity contribution in [1.29, 1.82) is 0 Å². The monoisotopic (exact) mass is 420 g/mol. The lowest BCUT2D eigenvalue weighted by Crippen LogP contribution is -2.48. The SMILES string of the molecule is COc1ccc(OC)c(N([C@@H](C)C(=O)N[C@H](C)c2ccc(C)cc2)S(C)(=O)=O)c1. The Hall–Kier alpha value is -2.74. The number of carbonyl (C=O) groups excluding carboxylic acids is 1. The van der Waals surface area contributed by atoms with Gasteiger partial charge in [-0.25, -0.2) is 8.42 Å². The van der Waals surface area contributed by atoms with Crippen LogP contribution in [0.3, 0.4) is 0 Å². The molecule has 0 aromatic heterocycles. The molecule has 2 rings (SSSR count). The van der Waals surface area contributed by atoms with Crippen LogP contribution in [0.2, 0.25) is 0 Å². The van der Waals surface area contributed by atoms with Crippen LogP contribution >= 0.6 is 0 Å². The van der Waals surface area contributed by atoms with Gasteiger partial charge in [0.05, 0.1) is 32.2 Å². The maximum Gasteiger partial charge on any atom is 0.244 e. The first-order valence-corrected chi connectivity index (χ1v) is 11.0. The zero-order valence-corrected chi connectivity index (χ0v) is 18.4. The van der Waals surface area contributed by atoms with Crippen molar-refractivity contribution < 1.29 is 22.7 Å². The molecule has 2 atom stereocenters. The van der Waals surface area contributed by atoms with Gasteiger partial charge >= 0.3 is 0 Å². The van der Waals surface area contributed by atoms with Gasteiger partial charge in [0.25, 0.3) is 0 Å². The first-order chi connectivity index (χ1) is 13.6. The van der Waals surface area contributed by atoms with Crippen LogP contribution in [0, 0.1) is 6.92 Å². The maximum atomic E-state index is 12.9. The molecular weight excluding hydrogens is 392 g/mol. The Morgan fingerprint density at radius 1 is 1.03 bits per heavy atom. The molecule has 0 bridgehead atoms. The molecule has 0 spiro atoms. The number of anilines is 1. The summed E-state index contributed by atoms with van der Waals surface area (Å²) in [5, 5.41) is 2.89. The van der Waals surface area contributed by atoms with Crippen molar-refractivity contribution in [3.63, 3.8) is 0 Å². The van der Waals surface area contributed by atoms with Crippen LogP contribution in [-0.2, 0) is 14.8 Å². The van der Waals surface area contributed by atoms with Crippen LogP contribution in [0.15, 0.2) is 42.5 Å². The van der Waals surface area contributed by atoms with E-state index in [4.69, 9.17) is 9.47 Å². The number of ether oxygens (including phenoxy) is 2. The minimum absolute atomic E-state index is 0.236. The third-order valence-electron chi connectivity index (χ3n) is 4.65. The number of carbonyl (C=O) groups is 1. The lowest BCUT2D eigenvalue weighted by Gasteiger charge is -2.30. The summed E-state index contributed by atoms with van der Waals surface area (Å²) in [5.41, 5.74) is 2.29. The second-order valence-corrected chi connectivity index (χ2v) is 8.77. The molecule has 0 aliphatic carbocycles. The van der Waals surface area contributed by atoms with E-state index in [0.29, 0.717) is 11.5 Å². The molecule has 7 nitrogen and oxygen atoms in total. The smallest absolute Gasteiger partial charge is 0.244 e. The van der Waals surface area contributed by atoms with Gasteiger partial charge in [-0.3, -0.25) is 9.10 Å².